The molecule has 2 amide bonds. The lowest BCUT2D eigenvalue weighted by molar-refractivity contribution is -0.151. The maximum Gasteiger partial charge on any atom is 0.326 e. The molecule has 3 atom stereocenters. The summed E-state index contributed by atoms with van der Waals surface area (Å²) in [5.41, 5.74) is 3.52. The van der Waals surface area contributed by atoms with Gasteiger partial charge < -0.3 is 31.5 Å². The van der Waals surface area contributed by atoms with E-state index in [1.165, 1.54) is 49.6 Å². The predicted octanol–water partition coefficient (Wildman–Crippen LogP) is 3.55. The molecule has 0 saturated heterocycles. The third kappa shape index (κ3) is 13.8. The fraction of sp³-hybridized carbons (Fsp3) is 0.613. The van der Waals surface area contributed by atoms with Crippen molar-refractivity contribution in [3.8, 4) is 5.75 Å². The van der Waals surface area contributed by atoms with E-state index in [0.717, 1.165) is 38.5 Å². The lowest BCUT2D eigenvalue weighted by Crippen LogP contribution is -2.57. The molecule has 1 aromatic rings. The lowest BCUT2D eigenvalue weighted by atomic mass is 9.82. The molecule has 0 heterocycles. The number of nitrogens with one attached hydrogen (secondary N) is 1. The van der Waals surface area contributed by atoms with E-state index >= 15 is 0 Å². The number of allylic oxidation sites excluding steroid dienone is 1. The van der Waals surface area contributed by atoms with Crippen LogP contribution >= 0.6 is 0 Å². The zero-order valence-corrected chi connectivity index (χ0v) is 24.2. The summed E-state index contributed by atoms with van der Waals surface area (Å²) in [6.07, 6.45) is 13.0. The van der Waals surface area contributed by atoms with Crippen LogP contribution in [0.3, 0.4) is 0 Å². The number of unbranched alkanes of at least 4 members (excludes halogenated alkanes) is 8. The highest BCUT2D eigenvalue weighted by Crippen LogP contribution is 2.25. The molecule has 0 saturated carbocycles. The van der Waals surface area contributed by atoms with E-state index in [-0.39, 0.29) is 12.2 Å². The summed E-state index contributed by atoms with van der Waals surface area (Å²) in [5.74, 6) is -4.67. The monoisotopic (exact) mass is 576 g/mol. The second-order valence-electron chi connectivity index (χ2n) is 10.6. The van der Waals surface area contributed by atoms with Crippen molar-refractivity contribution in [3.05, 3.63) is 42.0 Å². The molecule has 10 heteroatoms. The SMILES string of the molecule is CCCCCCCC(=O)CCCCCC/C=C/[C@H](C(=O)N[C@@H](Cc1ccc(O)cc1)C(=O)O)[C@@](O)(CCO)C(N)=O. The average Bonchev–Trinajstić information content (AvgIpc) is 2.92. The second kappa shape index (κ2) is 19.8. The Kier molecular flexibility index (Phi) is 17.3. The van der Waals surface area contributed by atoms with Crippen molar-refractivity contribution in [1.29, 1.82) is 0 Å². The van der Waals surface area contributed by atoms with Crippen LogP contribution in [0.5, 0.6) is 5.75 Å². The molecule has 0 aliphatic rings. The highest BCUT2D eigenvalue weighted by atomic mass is 16.4. The molecule has 0 unspecified atom stereocenters. The third-order valence-corrected chi connectivity index (χ3v) is 7.17. The number of Topliss-reactive ketones (excluding diaryl/α,β-unsaturated/α-hetero) is 1. The number of aromatic hydroxyl groups is 1. The second-order valence-corrected chi connectivity index (χ2v) is 10.6. The van der Waals surface area contributed by atoms with E-state index in [0.29, 0.717) is 30.6 Å². The molecule has 0 spiro atoms. The van der Waals surface area contributed by atoms with Gasteiger partial charge in [0.2, 0.25) is 5.91 Å². The number of carboxylic acid groups (broad SMARTS) is 1. The van der Waals surface area contributed by atoms with Gasteiger partial charge in [-0.3, -0.25) is 14.4 Å². The summed E-state index contributed by atoms with van der Waals surface area (Å²) < 4.78 is 0. The Morgan fingerprint density at radius 3 is 2.07 bits per heavy atom. The first-order valence-electron chi connectivity index (χ1n) is 14.7. The molecule has 0 aliphatic carbocycles. The van der Waals surface area contributed by atoms with Crippen molar-refractivity contribution in [1.82, 2.24) is 5.32 Å². The number of nitrogens with two attached hydrogens (primary N) is 1. The average molecular weight is 577 g/mol. The normalized spacial score (nSPS) is 14.3. The molecule has 41 heavy (non-hydrogen) atoms. The van der Waals surface area contributed by atoms with Gasteiger partial charge >= 0.3 is 5.97 Å². The van der Waals surface area contributed by atoms with Crippen molar-refractivity contribution >= 4 is 23.6 Å². The van der Waals surface area contributed by atoms with Crippen LogP contribution in [0.25, 0.3) is 0 Å². The van der Waals surface area contributed by atoms with Crippen LogP contribution in [-0.4, -0.2) is 62.2 Å². The summed E-state index contributed by atoms with van der Waals surface area (Å²) in [4.78, 5) is 49.2. The Hall–Kier alpha value is -3.24. The Morgan fingerprint density at radius 1 is 0.951 bits per heavy atom. The standard InChI is InChI=1S/C31H48N2O8/c1-2-3-4-7-10-13-24(35)14-11-8-5-6-9-12-15-26(31(41,20-21-34)30(32)40)28(37)33-27(29(38)39)22-23-16-18-25(36)19-17-23/h12,15-19,26-27,34,36,41H,2-11,13-14,20-22H2,1H3,(H2,32,40)(H,33,37)(H,38,39)/b15-12+/t26-,27+,31+/m1/s1. The number of benzene rings is 1. The fourth-order valence-electron chi connectivity index (χ4n) is 4.62. The lowest BCUT2D eigenvalue weighted by Gasteiger charge is -2.31. The summed E-state index contributed by atoms with van der Waals surface area (Å²) in [6, 6.07) is 4.44. The number of carbonyl (C=O) groups excluding carboxylic acids is 3. The van der Waals surface area contributed by atoms with Crippen LogP contribution in [0.1, 0.15) is 96.0 Å². The van der Waals surface area contributed by atoms with Crippen molar-refractivity contribution in [3.63, 3.8) is 0 Å². The molecule has 0 bridgehead atoms. The molecule has 0 radical (unpaired) electrons. The third-order valence-electron chi connectivity index (χ3n) is 7.17. The van der Waals surface area contributed by atoms with Gasteiger partial charge in [0.05, 0.1) is 5.92 Å². The number of carboxylic acids is 1. The topological polar surface area (TPSA) is 187 Å². The minimum Gasteiger partial charge on any atom is -0.508 e. The molecule has 0 aliphatic heterocycles. The van der Waals surface area contributed by atoms with Gasteiger partial charge in [-0.2, -0.15) is 0 Å². The molecule has 230 valence electrons. The zero-order chi connectivity index (χ0) is 30.7. The molecule has 1 aromatic carbocycles. The summed E-state index contributed by atoms with van der Waals surface area (Å²) in [7, 11) is 0. The van der Waals surface area contributed by atoms with Crippen LogP contribution in [0.2, 0.25) is 0 Å². The van der Waals surface area contributed by atoms with Gasteiger partial charge in [0.1, 0.15) is 17.6 Å². The van der Waals surface area contributed by atoms with E-state index in [9.17, 15) is 39.6 Å². The number of rotatable bonds is 23. The van der Waals surface area contributed by atoms with Gasteiger partial charge in [0, 0.05) is 32.3 Å². The van der Waals surface area contributed by atoms with Crippen molar-refractivity contribution < 1.29 is 39.6 Å². The number of amides is 2. The highest BCUT2D eigenvalue weighted by molar-refractivity contribution is 5.94. The van der Waals surface area contributed by atoms with Gasteiger partial charge in [0.15, 0.2) is 5.60 Å². The number of hydrogen-bond donors (Lipinski definition) is 6. The van der Waals surface area contributed by atoms with Crippen LogP contribution < -0.4 is 11.1 Å². The number of aliphatic hydroxyl groups is 2. The van der Waals surface area contributed by atoms with Crippen molar-refractivity contribution in [2.45, 2.75) is 108 Å². The van der Waals surface area contributed by atoms with E-state index in [1.54, 1.807) is 6.08 Å². The first-order valence-corrected chi connectivity index (χ1v) is 14.7. The summed E-state index contributed by atoms with van der Waals surface area (Å²) >= 11 is 0. The first-order chi connectivity index (χ1) is 19.5. The smallest absolute Gasteiger partial charge is 0.326 e. The van der Waals surface area contributed by atoms with Crippen LogP contribution in [0.4, 0.5) is 0 Å². The Balaban J connectivity index is 2.70. The number of hydrogen-bond acceptors (Lipinski definition) is 7. The number of aliphatic carboxylic acids is 1. The van der Waals surface area contributed by atoms with E-state index in [2.05, 4.69) is 12.2 Å². The summed E-state index contributed by atoms with van der Waals surface area (Å²) in [5, 5.41) is 41.9. The number of ketones is 1. The molecule has 1 rings (SSSR count). The summed E-state index contributed by atoms with van der Waals surface area (Å²) in [6.45, 7) is 1.54. The molecular weight excluding hydrogens is 528 g/mol. The largest absolute Gasteiger partial charge is 0.508 e. The Labute approximate surface area is 243 Å². The van der Waals surface area contributed by atoms with Gasteiger partial charge in [-0.15, -0.1) is 0 Å². The number of aliphatic hydroxyl groups excluding tert-OH is 1. The molecule has 0 fully saturated rings. The number of phenols is 1. The van der Waals surface area contributed by atoms with Gasteiger partial charge in [-0.25, -0.2) is 4.79 Å². The van der Waals surface area contributed by atoms with Crippen LogP contribution in [-0.2, 0) is 25.6 Å². The van der Waals surface area contributed by atoms with E-state index in [4.69, 9.17) is 5.73 Å². The van der Waals surface area contributed by atoms with Crippen LogP contribution in [0, 0.1) is 5.92 Å². The molecule has 10 nitrogen and oxygen atoms in total. The van der Waals surface area contributed by atoms with Gasteiger partial charge in [-0.1, -0.05) is 69.7 Å². The van der Waals surface area contributed by atoms with Gasteiger partial charge in [-0.05, 0) is 43.4 Å². The number of phenolic OH excluding ortho intramolecular Hbond substituents is 1. The molecule has 7 N–H and O–H groups in total. The zero-order valence-electron chi connectivity index (χ0n) is 24.2. The molecule has 0 aromatic heterocycles. The van der Waals surface area contributed by atoms with E-state index in [1.807, 2.05) is 0 Å². The van der Waals surface area contributed by atoms with Crippen molar-refractivity contribution in [2.75, 3.05) is 6.61 Å². The molecular formula is C31H48N2O8. The van der Waals surface area contributed by atoms with Crippen molar-refractivity contribution in [2.24, 2.45) is 11.7 Å². The minimum atomic E-state index is -2.42. The quantitative estimate of drug-likeness (QED) is 0.0843. The Morgan fingerprint density at radius 2 is 1.54 bits per heavy atom. The van der Waals surface area contributed by atoms with E-state index < -0.39 is 48.4 Å². The maximum atomic E-state index is 13.2. The predicted molar refractivity (Wildman–Crippen MR) is 156 cm³/mol. The number of primary amides is 1. The minimum absolute atomic E-state index is 0.00652. The number of carbonyl (C=O) groups is 4. The fourth-order valence-corrected chi connectivity index (χ4v) is 4.62. The first kappa shape index (κ1) is 35.8. The maximum absolute atomic E-state index is 13.2. The van der Waals surface area contributed by atoms with Crippen LogP contribution in [0.15, 0.2) is 36.4 Å². The van der Waals surface area contributed by atoms with Gasteiger partial charge in [0.25, 0.3) is 5.91 Å². The highest BCUT2D eigenvalue weighted by Gasteiger charge is 2.45. The Bertz CT molecular complexity index is 979.